The van der Waals surface area contributed by atoms with Crippen LogP contribution in [0.25, 0.3) is 0 Å². The third-order valence-corrected chi connectivity index (χ3v) is 6.92. The highest BCUT2D eigenvalue weighted by molar-refractivity contribution is 7.92. The minimum atomic E-state index is -3.93. The molecule has 1 atom stereocenters. The van der Waals surface area contributed by atoms with Crippen LogP contribution >= 0.6 is 34.8 Å². The number of rotatable bonds is 9. The maximum absolute atomic E-state index is 13.4. The highest BCUT2D eigenvalue weighted by Crippen LogP contribution is 2.35. The molecule has 0 saturated carbocycles. The van der Waals surface area contributed by atoms with E-state index in [9.17, 15) is 18.0 Å². The molecular formula is C21H24Cl3N3O4S. The molecule has 174 valence electrons. The standard InChI is InChI=1S/C21H24Cl3N3O4S/c1-4-18(21(29)25-2)26(12-14-8-6-5-7-9-14)20(28)13-27(32(3,30)31)19-11-16(23)15(22)10-17(19)24/h5-11,18H,4,12-13H2,1-3H3,(H,25,29)/t18-/m0/s1. The second-order valence-electron chi connectivity index (χ2n) is 7.03. The zero-order valence-corrected chi connectivity index (χ0v) is 20.9. The number of carbonyl (C=O) groups excluding carboxylic acids is 2. The van der Waals surface area contributed by atoms with Crippen LogP contribution in [0.3, 0.4) is 0 Å². The number of halogens is 3. The fourth-order valence-electron chi connectivity index (χ4n) is 3.16. The number of amides is 2. The van der Waals surface area contributed by atoms with Gasteiger partial charge < -0.3 is 10.2 Å². The normalized spacial score (nSPS) is 12.2. The zero-order chi connectivity index (χ0) is 24.1. The third-order valence-electron chi connectivity index (χ3n) is 4.77. The molecular weight excluding hydrogens is 497 g/mol. The smallest absolute Gasteiger partial charge is 0.244 e. The summed E-state index contributed by atoms with van der Waals surface area (Å²) in [6.07, 6.45) is 1.29. The van der Waals surface area contributed by atoms with E-state index in [0.29, 0.717) is 6.42 Å². The van der Waals surface area contributed by atoms with Gasteiger partial charge in [0.2, 0.25) is 21.8 Å². The molecule has 0 unspecified atom stereocenters. The number of anilines is 1. The molecule has 1 N–H and O–H groups in total. The lowest BCUT2D eigenvalue weighted by Crippen LogP contribution is -2.51. The Kier molecular flexibility index (Phi) is 9.21. The highest BCUT2D eigenvalue weighted by atomic mass is 35.5. The zero-order valence-electron chi connectivity index (χ0n) is 17.8. The van der Waals surface area contributed by atoms with Gasteiger partial charge >= 0.3 is 0 Å². The number of nitrogens with zero attached hydrogens (tertiary/aromatic N) is 2. The summed E-state index contributed by atoms with van der Waals surface area (Å²) in [7, 11) is -2.45. The molecule has 0 bridgehead atoms. The van der Waals surface area contributed by atoms with Crippen molar-refractivity contribution in [1.82, 2.24) is 10.2 Å². The molecule has 2 amide bonds. The molecule has 0 radical (unpaired) electrons. The Bertz CT molecular complexity index is 1080. The molecule has 0 aliphatic heterocycles. The van der Waals surface area contributed by atoms with Crippen LogP contribution in [0, 0.1) is 0 Å². The minimum Gasteiger partial charge on any atom is -0.357 e. The van der Waals surface area contributed by atoms with Crippen LogP contribution in [0.1, 0.15) is 18.9 Å². The van der Waals surface area contributed by atoms with Crippen molar-refractivity contribution in [3.63, 3.8) is 0 Å². The fourth-order valence-corrected chi connectivity index (χ4v) is 4.71. The Morgan fingerprint density at radius 1 is 1.03 bits per heavy atom. The van der Waals surface area contributed by atoms with Crippen molar-refractivity contribution in [3.8, 4) is 0 Å². The number of benzene rings is 2. The van der Waals surface area contributed by atoms with Crippen molar-refractivity contribution >= 4 is 62.3 Å². The average molecular weight is 521 g/mol. The Labute approximate surface area is 203 Å². The maximum Gasteiger partial charge on any atom is 0.244 e. The average Bonchev–Trinajstić information content (AvgIpc) is 2.74. The first-order chi connectivity index (χ1) is 15.0. The molecule has 0 saturated heterocycles. The van der Waals surface area contributed by atoms with Crippen LogP contribution in [0.2, 0.25) is 15.1 Å². The van der Waals surface area contributed by atoms with Gasteiger partial charge in [0, 0.05) is 13.6 Å². The molecule has 0 aromatic heterocycles. The first-order valence-corrected chi connectivity index (χ1v) is 12.6. The minimum absolute atomic E-state index is 0.0181. The van der Waals surface area contributed by atoms with Gasteiger partial charge in [-0.1, -0.05) is 72.1 Å². The number of likely N-dealkylation sites (N-methyl/N-ethyl adjacent to an activating group) is 1. The van der Waals surface area contributed by atoms with Gasteiger partial charge in [-0.25, -0.2) is 8.42 Å². The summed E-state index contributed by atoms with van der Waals surface area (Å²) < 4.78 is 26.0. The van der Waals surface area contributed by atoms with E-state index < -0.39 is 28.5 Å². The Balaban J connectivity index is 2.48. The number of nitrogens with one attached hydrogen (secondary N) is 1. The molecule has 11 heteroatoms. The van der Waals surface area contributed by atoms with Crippen molar-refractivity contribution in [2.24, 2.45) is 0 Å². The summed E-state index contributed by atoms with van der Waals surface area (Å²) in [5.41, 5.74) is 0.811. The maximum atomic E-state index is 13.4. The molecule has 2 rings (SSSR count). The largest absolute Gasteiger partial charge is 0.357 e. The van der Waals surface area contributed by atoms with Crippen LogP contribution < -0.4 is 9.62 Å². The van der Waals surface area contributed by atoms with Gasteiger partial charge in [0.25, 0.3) is 0 Å². The van der Waals surface area contributed by atoms with Crippen LogP contribution in [0.4, 0.5) is 5.69 Å². The van der Waals surface area contributed by atoms with Gasteiger partial charge in [0.05, 0.1) is 27.0 Å². The van der Waals surface area contributed by atoms with Crippen molar-refractivity contribution in [3.05, 3.63) is 63.1 Å². The number of sulfonamides is 1. The Morgan fingerprint density at radius 3 is 2.16 bits per heavy atom. The number of hydrogen-bond acceptors (Lipinski definition) is 4. The van der Waals surface area contributed by atoms with Crippen LogP contribution in [-0.4, -0.2) is 51.0 Å². The summed E-state index contributed by atoms with van der Waals surface area (Å²) in [4.78, 5) is 27.2. The fraction of sp³-hybridized carbons (Fsp3) is 0.333. The Hall–Kier alpha value is -2.00. The van der Waals surface area contributed by atoms with Gasteiger partial charge in [0.15, 0.2) is 0 Å². The van der Waals surface area contributed by atoms with E-state index in [1.165, 1.54) is 24.1 Å². The SMILES string of the molecule is CC[C@@H](C(=O)NC)N(Cc1ccccc1)C(=O)CN(c1cc(Cl)c(Cl)cc1Cl)S(C)(=O)=O. The molecule has 0 aliphatic carbocycles. The number of hydrogen-bond donors (Lipinski definition) is 1. The van der Waals surface area contributed by atoms with Crippen LogP contribution in [0.5, 0.6) is 0 Å². The van der Waals surface area contributed by atoms with E-state index >= 15 is 0 Å². The van der Waals surface area contributed by atoms with Crippen LogP contribution in [0.15, 0.2) is 42.5 Å². The predicted octanol–water partition coefficient (Wildman–Crippen LogP) is 3.97. The van der Waals surface area contributed by atoms with Gasteiger partial charge in [-0.05, 0) is 24.1 Å². The highest BCUT2D eigenvalue weighted by Gasteiger charge is 2.32. The first kappa shape index (κ1) is 26.3. The molecule has 2 aromatic carbocycles. The lowest BCUT2D eigenvalue weighted by Gasteiger charge is -2.32. The second-order valence-corrected chi connectivity index (χ2v) is 10.2. The van der Waals surface area contributed by atoms with E-state index in [1.54, 1.807) is 6.92 Å². The van der Waals surface area contributed by atoms with E-state index in [1.807, 2.05) is 30.3 Å². The third kappa shape index (κ3) is 6.51. The van der Waals surface area contributed by atoms with E-state index in [2.05, 4.69) is 5.32 Å². The van der Waals surface area contributed by atoms with Crippen molar-refractivity contribution < 1.29 is 18.0 Å². The molecule has 0 fully saturated rings. The van der Waals surface area contributed by atoms with Crippen LogP contribution in [-0.2, 0) is 26.2 Å². The van der Waals surface area contributed by atoms with Crippen molar-refractivity contribution in [1.29, 1.82) is 0 Å². The summed E-state index contributed by atoms with van der Waals surface area (Å²) in [5.74, 6) is -0.924. The number of carbonyl (C=O) groups is 2. The van der Waals surface area contributed by atoms with Gasteiger partial charge in [-0.15, -0.1) is 0 Å². The van der Waals surface area contributed by atoms with Crippen molar-refractivity contribution in [2.75, 3.05) is 24.2 Å². The molecule has 0 aliphatic rings. The first-order valence-electron chi connectivity index (χ1n) is 9.66. The van der Waals surface area contributed by atoms with Gasteiger partial charge in [0.1, 0.15) is 12.6 Å². The second kappa shape index (κ2) is 11.2. The van der Waals surface area contributed by atoms with Gasteiger partial charge in [-0.3, -0.25) is 13.9 Å². The molecule has 0 heterocycles. The van der Waals surface area contributed by atoms with E-state index in [4.69, 9.17) is 34.8 Å². The topological polar surface area (TPSA) is 86.8 Å². The summed E-state index contributed by atoms with van der Waals surface area (Å²) >= 11 is 18.2. The monoisotopic (exact) mass is 519 g/mol. The van der Waals surface area contributed by atoms with E-state index in [0.717, 1.165) is 16.1 Å². The summed E-state index contributed by atoms with van der Waals surface area (Å²) in [6, 6.07) is 10.9. The summed E-state index contributed by atoms with van der Waals surface area (Å²) in [6.45, 7) is 1.32. The molecule has 2 aromatic rings. The predicted molar refractivity (Wildman–Crippen MR) is 129 cm³/mol. The van der Waals surface area contributed by atoms with Gasteiger partial charge in [-0.2, -0.15) is 0 Å². The quantitative estimate of drug-likeness (QED) is 0.507. The lowest BCUT2D eigenvalue weighted by atomic mass is 10.1. The van der Waals surface area contributed by atoms with E-state index in [-0.39, 0.29) is 33.2 Å². The lowest BCUT2D eigenvalue weighted by molar-refractivity contribution is -0.140. The molecule has 7 nitrogen and oxygen atoms in total. The van der Waals surface area contributed by atoms with Crippen molar-refractivity contribution in [2.45, 2.75) is 25.9 Å². The Morgan fingerprint density at radius 2 is 1.62 bits per heavy atom. The molecule has 32 heavy (non-hydrogen) atoms. The molecule has 0 spiro atoms. The summed E-state index contributed by atoms with van der Waals surface area (Å²) in [5, 5.41) is 2.81.